The van der Waals surface area contributed by atoms with E-state index in [1.807, 2.05) is 0 Å². The summed E-state index contributed by atoms with van der Waals surface area (Å²) in [6.45, 7) is 1.95. The lowest BCUT2D eigenvalue weighted by Gasteiger charge is -2.23. The van der Waals surface area contributed by atoms with Crippen LogP contribution in [0.5, 0.6) is 5.75 Å². The number of rotatable bonds is 4. The van der Waals surface area contributed by atoms with Gasteiger partial charge in [-0.2, -0.15) is 5.26 Å². The van der Waals surface area contributed by atoms with Crippen LogP contribution in [0, 0.1) is 21.1 Å². The van der Waals surface area contributed by atoms with Gasteiger partial charge in [0.05, 0.1) is 14.4 Å². The Morgan fingerprint density at radius 2 is 2.22 bits per heavy atom. The molecule has 2 aromatic rings. The zero-order valence-electron chi connectivity index (χ0n) is 14.5. The van der Waals surface area contributed by atoms with E-state index in [1.165, 1.54) is 11.3 Å². The van der Waals surface area contributed by atoms with Crippen molar-refractivity contribution in [3.63, 3.8) is 0 Å². The Kier molecular flexibility index (Phi) is 6.38. The quantitative estimate of drug-likeness (QED) is 0.612. The van der Waals surface area contributed by atoms with Crippen LogP contribution in [-0.4, -0.2) is 12.5 Å². The van der Waals surface area contributed by atoms with Crippen LogP contribution < -0.4 is 10.1 Å². The highest BCUT2D eigenvalue weighted by molar-refractivity contribution is 7.73. The Bertz CT molecular complexity index is 998. The Hall–Kier alpha value is -1.65. The van der Waals surface area contributed by atoms with Crippen LogP contribution in [0.2, 0.25) is 10.0 Å². The van der Waals surface area contributed by atoms with Crippen molar-refractivity contribution >= 4 is 57.7 Å². The highest BCUT2D eigenvalue weighted by Crippen LogP contribution is 2.36. The van der Waals surface area contributed by atoms with E-state index in [9.17, 15) is 10.1 Å². The predicted octanol–water partition coefficient (Wildman–Crippen LogP) is 5.80. The van der Waals surface area contributed by atoms with E-state index in [0.717, 1.165) is 34.2 Å². The molecule has 1 aromatic heterocycles. The van der Waals surface area contributed by atoms with Crippen molar-refractivity contribution in [2.45, 2.75) is 26.2 Å². The molecule has 0 radical (unpaired) electrons. The molecule has 1 aliphatic carbocycles. The summed E-state index contributed by atoms with van der Waals surface area (Å²) in [7, 11) is 0. The van der Waals surface area contributed by atoms with Gasteiger partial charge in [-0.25, -0.2) is 0 Å². The van der Waals surface area contributed by atoms with E-state index in [4.69, 9.17) is 40.2 Å². The summed E-state index contributed by atoms with van der Waals surface area (Å²) in [5.74, 6) is 0.534. The molecule has 0 fully saturated rings. The Balaban J connectivity index is 1.77. The molecule has 1 atom stereocenters. The van der Waals surface area contributed by atoms with Crippen molar-refractivity contribution in [1.29, 1.82) is 5.26 Å². The van der Waals surface area contributed by atoms with Gasteiger partial charge in [0.1, 0.15) is 16.8 Å². The van der Waals surface area contributed by atoms with Crippen LogP contribution in [0.3, 0.4) is 0 Å². The van der Waals surface area contributed by atoms with Crippen molar-refractivity contribution in [2.24, 2.45) is 5.92 Å². The molecule has 0 spiro atoms. The average Bonchev–Trinajstić information content (AvgIpc) is 2.62. The zero-order chi connectivity index (χ0) is 19.6. The van der Waals surface area contributed by atoms with E-state index in [-0.39, 0.29) is 12.5 Å². The second kappa shape index (κ2) is 8.57. The van der Waals surface area contributed by atoms with Crippen molar-refractivity contribution < 1.29 is 9.53 Å². The summed E-state index contributed by atoms with van der Waals surface area (Å²) in [6, 6.07) is 7.00. The molecule has 1 heterocycles. The van der Waals surface area contributed by atoms with E-state index in [1.54, 1.807) is 18.2 Å². The first kappa shape index (κ1) is 20.1. The first-order valence-corrected chi connectivity index (χ1v) is 10.3. The third-order valence-corrected chi connectivity index (χ3v) is 6.36. The smallest absolute Gasteiger partial charge is 0.262 e. The monoisotopic (exact) mass is 438 g/mol. The Labute approximate surface area is 176 Å². The molecule has 0 saturated heterocycles. The highest BCUT2D eigenvalue weighted by atomic mass is 35.5. The lowest BCUT2D eigenvalue weighted by atomic mass is 9.85. The van der Waals surface area contributed by atoms with Gasteiger partial charge in [0.25, 0.3) is 5.91 Å². The molecule has 1 N–H and O–H groups in total. The number of nitrogens with one attached hydrogen (secondary N) is 1. The number of nitrogens with zero attached hydrogens (tertiary/aromatic N) is 1. The minimum absolute atomic E-state index is 0.236. The summed E-state index contributed by atoms with van der Waals surface area (Å²) in [5, 5.41) is 13.7. The molecule has 0 aliphatic heterocycles. The van der Waals surface area contributed by atoms with Gasteiger partial charge in [0.15, 0.2) is 6.61 Å². The Morgan fingerprint density at radius 1 is 1.44 bits per heavy atom. The lowest BCUT2D eigenvalue weighted by molar-refractivity contribution is -0.118. The number of carbonyl (C=O) groups excluding carboxylic acids is 1. The Morgan fingerprint density at radius 3 is 2.93 bits per heavy atom. The molecule has 0 bridgehead atoms. The third kappa shape index (κ3) is 4.61. The summed E-state index contributed by atoms with van der Waals surface area (Å²) < 4.78 is 6.18. The first-order chi connectivity index (χ1) is 12.9. The number of fused-ring (bicyclic) bond motifs is 1. The maximum absolute atomic E-state index is 12.3. The van der Waals surface area contributed by atoms with Crippen molar-refractivity contribution in [1.82, 2.24) is 0 Å². The number of anilines is 1. The van der Waals surface area contributed by atoms with Crippen LogP contribution in [0.25, 0.3) is 0 Å². The lowest BCUT2D eigenvalue weighted by Crippen LogP contribution is -2.21. The SMILES string of the molecule is CC1CCc2c(C#N)c(NC(=O)COc3ccc(Cl)cc3Cl)sc(=S)c2C1. The number of halogens is 2. The minimum Gasteiger partial charge on any atom is -0.482 e. The van der Waals surface area contributed by atoms with Crippen molar-refractivity contribution in [3.05, 3.63) is 48.8 Å². The molecule has 27 heavy (non-hydrogen) atoms. The van der Waals surface area contributed by atoms with Crippen molar-refractivity contribution in [3.8, 4) is 11.8 Å². The molecule has 140 valence electrons. The topological polar surface area (TPSA) is 62.1 Å². The maximum Gasteiger partial charge on any atom is 0.262 e. The number of ether oxygens (including phenoxy) is 1. The zero-order valence-corrected chi connectivity index (χ0v) is 17.6. The van der Waals surface area contributed by atoms with Crippen LogP contribution in [0.4, 0.5) is 5.00 Å². The summed E-state index contributed by atoms with van der Waals surface area (Å²) in [4.78, 5) is 12.3. The third-order valence-electron chi connectivity index (χ3n) is 4.39. The molecule has 1 unspecified atom stereocenters. The second-order valence-electron chi connectivity index (χ2n) is 6.42. The van der Waals surface area contributed by atoms with Gasteiger partial charge in [-0.15, -0.1) is 11.3 Å². The summed E-state index contributed by atoms with van der Waals surface area (Å²) >= 11 is 18.6. The number of benzene rings is 1. The van der Waals surface area contributed by atoms with Gasteiger partial charge in [-0.05, 0) is 54.5 Å². The highest BCUT2D eigenvalue weighted by Gasteiger charge is 2.23. The van der Waals surface area contributed by atoms with Gasteiger partial charge in [0.2, 0.25) is 0 Å². The first-order valence-electron chi connectivity index (χ1n) is 8.35. The second-order valence-corrected chi connectivity index (χ2v) is 8.95. The molecule has 8 heteroatoms. The molecule has 0 saturated carbocycles. The van der Waals surface area contributed by atoms with Crippen LogP contribution in [0.1, 0.15) is 30.0 Å². The fourth-order valence-electron chi connectivity index (χ4n) is 3.04. The van der Waals surface area contributed by atoms with Gasteiger partial charge >= 0.3 is 0 Å². The molecule has 1 amide bonds. The molecular formula is C19H16Cl2N2O2S2. The summed E-state index contributed by atoms with van der Waals surface area (Å²) in [6.07, 6.45) is 2.69. The van der Waals surface area contributed by atoms with E-state index < -0.39 is 0 Å². The van der Waals surface area contributed by atoms with Gasteiger partial charge in [-0.3, -0.25) is 4.79 Å². The van der Waals surface area contributed by atoms with E-state index >= 15 is 0 Å². The maximum atomic E-state index is 12.3. The summed E-state index contributed by atoms with van der Waals surface area (Å²) in [5.41, 5.74) is 2.55. The minimum atomic E-state index is -0.382. The number of carbonyl (C=O) groups is 1. The number of hydrogen-bond donors (Lipinski definition) is 1. The molecule has 3 rings (SSSR count). The standard InChI is InChI=1S/C19H16Cl2N2O2S2/c1-10-2-4-12-13(6-10)19(26)27-18(14(12)8-22)23-17(24)9-25-16-5-3-11(20)7-15(16)21/h3,5,7,10H,2,4,6,9H2,1H3,(H,23,24). The number of amides is 1. The fraction of sp³-hybridized carbons (Fsp3) is 0.316. The van der Waals surface area contributed by atoms with Crippen LogP contribution in [0.15, 0.2) is 18.2 Å². The van der Waals surface area contributed by atoms with E-state index in [0.29, 0.717) is 32.3 Å². The normalized spacial score (nSPS) is 15.6. The molecule has 4 nitrogen and oxygen atoms in total. The van der Waals surface area contributed by atoms with Gasteiger partial charge < -0.3 is 10.1 Å². The predicted molar refractivity (Wildman–Crippen MR) is 112 cm³/mol. The molecular weight excluding hydrogens is 423 g/mol. The van der Waals surface area contributed by atoms with Gasteiger partial charge in [0, 0.05) is 5.02 Å². The largest absolute Gasteiger partial charge is 0.482 e. The number of nitriles is 1. The average molecular weight is 439 g/mol. The van der Waals surface area contributed by atoms with E-state index in [2.05, 4.69) is 18.3 Å². The molecule has 1 aromatic carbocycles. The van der Waals surface area contributed by atoms with Crippen LogP contribution in [-0.2, 0) is 17.6 Å². The fourth-order valence-corrected chi connectivity index (χ4v) is 4.92. The van der Waals surface area contributed by atoms with Crippen molar-refractivity contribution in [2.75, 3.05) is 11.9 Å². The number of hydrogen-bond acceptors (Lipinski definition) is 5. The molecule has 1 aliphatic rings. The van der Waals surface area contributed by atoms with Crippen LogP contribution >= 0.6 is 46.8 Å². The van der Waals surface area contributed by atoms with Gasteiger partial charge in [-0.1, -0.05) is 42.3 Å².